The number of anilines is 2. The van der Waals surface area contributed by atoms with Crippen LogP contribution in [-0.4, -0.2) is 49.1 Å². The van der Waals surface area contributed by atoms with Gasteiger partial charge in [0.1, 0.15) is 11.9 Å². The first kappa shape index (κ1) is 22.2. The van der Waals surface area contributed by atoms with Crippen LogP contribution in [0.3, 0.4) is 0 Å². The van der Waals surface area contributed by atoms with Crippen LogP contribution in [-0.2, 0) is 9.59 Å². The van der Waals surface area contributed by atoms with Gasteiger partial charge in [0.2, 0.25) is 5.95 Å². The fourth-order valence-corrected chi connectivity index (χ4v) is 2.86. The molecular weight excluding hydrogens is 416 g/mol. The Kier molecular flexibility index (Phi) is 6.59. The zero-order valence-electron chi connectivity index (χ0n) is 16.7. The van der Waals surface area contributed by atoms with E-state index in [2.05, 4.69) is 20.3 Å². The van der Waals surface area contributed by atoms with Crippen LogP contribution in [0.15, 0.2) is 36.5 Å². The first-order valence-electron chi connectivity index (χ1n) is 9.45. The Hall–Kier alpha value is -4.54. The van der Waals surface area contributed by atoms with Gasteiger partial charge < -0.3 is 27.0 Å². The Bertz CT molecular complexity index is 1210. The molecule has 2 heterocycles. The molecule has 0 unspecified atom stereocenters. The lowest BCUT2D eigenvalue weighted by atomic mass is 10.1. The van der Waals surface area contributed by atoms with E-state index in [1.165, 1.54) is 0 Å². The SMILES string of the molecule is Nc1nc(N)c2cc(/C=C/c3ccc(C(=O)N[C@@H](CCC(=O)O)C(=O)O)cc3)cnc2n1. The number of nitrogens with one attached hydrogen (secondary N) is 1. The van der Waals surface area contributed by atoms with Gasteiger partial charge in [-0.2, -0.15) is 9.97 Å². The number of rotatable bonds is 8. The van der Waals surface area contributed by atoms with Crippen molar-refractivity contribution >= 4 is 52.8 Å². The summed E-state index contributed by atoms with van der Waals surface area (Å²) in [5.41, 5.74) is 13.6. The van der Waals surface area contributed by atoms with Crippen LogP contribution in [0.5, 0.6) is 0 Å². The summed E-state index contributed by atoms with van der Waals surface area (Å²) < 4.78 is 0. The molecule has 32 heavy (non-hydrogen) atoms. The third-order valence-corrected chi connectivity index (χ3v) is 4.51. The summed E-state index contributed by atoms with van der Waals surface area (Å²) in [6.07, 6.45) is 4.63. The van der Waals surface area contributed by atoms with Gasteiger partial charge in [-0.25, -0.2) is 9.78 Å². The van der Waals surface area contributed by atoms with Gasteiger partial charge in [-0.1, -0.05) is 24.3 Å². The van der Waals surface area contributed by atoms with Crippen molar-refractivity contribution in [1.82, 2.24) is 20.3 Å². The molecule has 1 amide bonds. The van der Waals surface area contributed by atoms with E-state index in [0.29, 0.717) is 11.0 Å². The van der Waals surface area contributed by atoms with Crippen molar-refractivity contribution in [2.45, 2.75) is 18.9 Å². The van der Waals surface area contributed by atoms with E-state index >= 15 is 0 Å². The van der Waals surface area contributed by atoms with Gasteiger partial charge >= 0.3 is 11.9 Å². The lowest BCUT2D eigenvalue weighted by Gasteiger charge is -2.13. The molecule has 0 aliphatic rings. The predicted molar refractivity (Wildman–Crippen MR) is 117 cm³/mol. The number of benzene rings is 1. The highest BCUT2D eigenvalue weighted by Gasteiger charge is 2.21. The number of fused-ring (bicyclic) bond motifs is 1. The van der Waals surface area contributed by atoms with Crippen LogP contribution in [0, 0.1) is 0 Å². The van der Waals surface area contributed by atoms with E-state index in [0.717, 1.165) is 11.1 Å². The van der Waals surface area contributed by atoms with Crippen LogP contribution in [0.4, 0.5) is 11.8 Å². The Morgan fingerprint density at radius 1 is 1.03 bits per heavy atom. The number of nitrogens with two attached hydrogens (primary N) is 2. The Morgan fingerprint density at radius 3 is 2.38 bits per heavy atom. The molecule has 0 radical (unpaired) electrons. The monoisotopic (exact) mass is 436 g/mol. The van der Waals surface area contributed by atoms with Crippen molar-refractivity contribution < 1.29 is 24.6 Å². The Balaban J connectivity index is 1.69. The zero-order valence-corrected chi connectivity index (χ0v) is 16.7. The lowest BCUT2D eigenvalue weighted by Crippen LogP contribution is -2.41. The van der Waals surface area contributed by atoms with Gasteiger partial charge in [-0.05, 0) is 35.7 Å². The van der Waals surface area contributed by atoms with Gasteiger partial charge in [0, 0.05) is 18.2 Å². The standard InChI is InChI=1S/C21H20N6O5/c22-17-14-9-12(10-24-18(14)27-21(23)26-17)2-1-11-3-5-13(6-4-11)19(30)25-15(20(31)32)7-8-16(28)29/h1-6,9-10,15H,7-8H2,(H,25,30)(H,28,29)(H,31,32)(H4,22,23,24,26,27)/b2-1+/t15-/m0/s1. The maximum absolute atomic E-state index is 12.3. The molecular formula is C21H20N6O5. The largest absolute Gasteiger partial charge is 0.481 e. The number of nitrogen functional groups attached to an aromatic ring is 2. The molecule has 0 fully saturated rings. The highest BCUT2D eigenvalue weighted by molar-refractivity contribution is 5.97. The van der Waals surface area contributed by atoms with Gasteiger partial charge in [0.15, 0.2) is 5.65 Å². The minimum Gasteiger partial charge on any atom is -0.481 e. The van der Waals surface area contributed by atoms with E-state index in [1.54, 1.807) is 48.7 Å². The third kappa shape index (κ3) is 5.53. The van der Waals surface area contributed by atoms with Gasteiger partial charge in [-0.15, -0.1) is 0 Å². The number of nitrogens with zero attached hydrogens (tertiary/aromatic N) is 3. The summed E-state index contributed by atoms with van der Waals surface area (Å²) >= 11 is 0. The number of pyridine rings is 1. The summed E-state index contributed by atoms with van der Waals surface area (Å²) in [5, 5.41) is 20.8. The number of hydrogen-bond donors (Lipinski definition) is 5. The van der Waals surface area contributed by atoms with Gasteiger partial charge in [-0.3, -0.25) is 9.59 Å². The molecule has 0 aliphatic carbocycles. The van der Waals surface area contributed by atoms with Crippen molar-refractivity contribution in [1.29, 1.82) is 0 Å². The van der Waals surface area contributed by atoms with Gasteiger partial charge in [0.25, 0.3) is 5.91 Å². The summed E-state index contributed by atoms with van der Waals surface area (Å²) in [7, 11) is 0. The van der Waals surface area contributed by atoms with Crippen LogP contribution in [0.1, 0.15) is 34.3 Å². The van der Waals surface area contributed by atoms with Gasteiger partial charge in [0.05, 0.1) is 5.39 Å². The molecule has 11 heteroatoms. The molecule has 0 saturated heterocycles. The topological polar surface area (TPSA) is 194 Å². The van der Waals surface area contributed by atoms with Crippen molar-refractivity contribution in [3.05, 3.63) is 53.2 Å². The Morgan fingerprint density at radius 2 is 1.72 bits per heavy atom. The second-order valence-electron chi connectivity index (χ2n) is 6.86. The smallest absolute Gasteiger partial charge is 0.326 e. The highest BCUT2D eigenvalue weighted by Crippen LogP contribution is 2.19. The van der Waals surface area contributed by atoms with Crippen molar-refractivity contribution in [2.75, 3.05) is 11.5 Å². The molecule has 3 rings (SSSR count). The minimum atomic E-state index is -1.29. The number of amides is 1. The minimum absolute atomic E-state index is 0.0477. The molecule has 0 saturated carbocycles. The zero-order chi connectivity index (χ0) is 23.3. The van der Waals surface area contributed by atoms with Crippen molar-refractivity contribution in [3.8, 4) is 0 Å². The number of aromatic nitrogens is 3. The predicted octanol–water partition coefficient (Wildman–Crippen LogP) is 1.41. The molecule has 0 spiro atoms. The van der Waals surface area contributed by atoms with E-state index < -0.39 is 23.9 Å². The van der Waals surface area contributed by atoms with Crippen LogP contribution in [0.25, 0.3) is 23.2 Å². The molecule has 7 N–H and O–H groups in total. The summed E-state index contributed by atoms with van der Waals surface area (Å²) in [6.45, 7) is 0. The number of carbonyl (C=O) groups excluding carboxylic acids is 1. The molecule has 11 nitrogen and oxygen atoms in total. The summed E-state index contributed by atoms with van der Waals surface area (Å²) in [4.78, 5) is 46.3. The van der Waals surface area contributed by atoms with Crippen LogP contribution < -0.4 is 16.8 Å². The number of carboxylic acid groups (broad SMARTS) is 2. The van der Waals surface area contributed by atoms with Crippen LogP contribution in [0.2, 0.25) is 0 Å². The van der Waals surface area contributed by atoms with E-state index in [1.807, 2.05) is 0 Å². The second kappa shape index (κ2) is 9.51. The number of hydrogen-bond acceptors (Lipinski definition) is 8. The molecule has 0 bridgehead atoms. The number of carboxylic acids is 2. The van der Waals surface area contributed by atoms with E-state index in [9.17, 15) is 14.4 Å². The molecule has 1 atom stereocenters. The van der Waals surface area contributed by atoms with E-state index in [-0.39, 0.29) is 30.2 Å². The second-order valence-corrected chi connectivity index (χ2v) is 6.86. The first-order chi connectivity index (χ1) is 15.2. The summed E-state index contributed by atoms with van der Waals surface area (Å²) in [5.74, 6) is -2.76. The molecule has 0 aliphatic heterocycles. The quantitative estimate of drug-likeness (QED) is 0.344. The first-order valence-corrected chi connectivity index (χ1v) is 9.45. The summed E-state index contributed by atoms with van der Waals surface area (Å²) in [6, 6.07) is 6.94. The van der Waals surface area contributed by atoms with Crippen molar-refractivity contribution in [2.24, 2.45) is 0 Å². The maximum atomic E-state index is 12.3. The molecule has 1 aromatic carbocycles. The molecule has 164 valence electrons. The fraction of sp³-hybridized carbons (Fsp3) is 0.143. The molecule has 3 aromatic rings. The maximum Gasteiger partial charge on any atom is 0.326 e. The lowest BCUT2D eigenvalue weighted by molar-refractivity contribution is -0.140. The Labute approximate surface area is 181 Å². The normalized spacial score (nSPS) is 12.0. The highest BCUT2D eigenvalue weighted by atomic mass is 16.4. The van der Waals surface area contributed by atoms with Crippen LogP contribution >= 0.6 is 0 Å². The van der Waals surface area contributed by atoms with E-state index in [4.69, 9.17) is 21.7 Å². The number of carbonyl (C=O) groups is 3. The number of aliphatic carboxylic acids is 2. The molecule has 2 aromatic heterocycles. The average molecular weight is 436 g/mol. The average Bonchev–Trinajstić information content (AvgIpc) is 2.75. The van der Waals surface area contributed by atoms with Crippen molar-refractivity contribution in [3.63, 3.8) is 0 Å². The third-order valence-electron chi connectivity index (χ3n) is 4.51. The fourth-order valence-electron chi connectivity index (χ4n) is 2.86.